The van der Waals surface area contributed by atoms with Crippen LogP contribution in [0.4, 0.5) is 0 Å². The molecule has 0 bridgehead atoms. The predicted octanol–water partition coefficient (Wildman–Crippen LogP) is 0.410. The maximum Gasteiger partial charge on any atom is 0.216 e. The predicted molar refractivity (Wildman–Crippen MR) is 57.7 cm³/mol. The second-order valence-corrected chi connectivity index (χ2v) is 6.14. The molecule has 0 spiro atoms. The molecule has 14 heavy (non-hydrogen) atoms. The van der Waals surface area contributed by atoms with E-state index in [2.05, 4.69) is 5.32 Å². The molecule has 0 atom stereocenters. The number of nitrogens with zero attached hydrogens (tertiary/aromatic N) is 1. The van der Waals surface area contributed by atoms with Gasteiger partial charge in [-0.3, -0.25) is 0 Å². The second kappa shape index (κ2) is 5.09. The molecule has 5 heteroatoms. The van der Waals surface area contributed by atoms with Crippen LogP contribution in [0.3, 0.4) is 0 Å². The molecular formula is C9H20N2O2S. The van der Waals surface area contributed by atoms with Gasteiger partial charge in [0.2, 0.25) is 10.0 Å². The molecule has 0 unspecified atom stereocenters. The molecule has 0 aromatic rings. The third kappa shape index (κ3) is 2.68. The van der Waals surface area contributed by atoms with Crippen molar-refractivity contribution >= 4 is 10.0 Å². The van der Waals surface area contributed by atoms with Crippen molar-refractivity contribution in [3.05, 3.63) is 0 Å². The highest BCUT2D eigenvalue weighted by Crippen LogP contribution is 2.16. The molecule has 0 aliphatic carbocycles. The molecule has 0 amide bonds. The van der Waals surface area contributed by atoms with Gasteiger partial charge in [0, 0.05) is 13.6 Å². The van der Waals surface area contributed by atoms with E-state index >= 15 is 0 Å². The monoisotopic (exact) mass is 220 g/mol. The highest BCUT2D eigenvalue weighted by molar-refractivity contribution is 7.89. The summed E-state index contributed by atoms with van der Waals surface area (Å²) in [6.07, 6.45) is 2.37. The Balaban J connectivity index is 2.62. The highest BCUT2D eigenvalue weighted by Gasteiger charge is 2.30. The van der Waals surface area contributed by atoms with Crippen LogP contribution in [0.15, 0.2) is 0 Å². The SMILES string of the molecule is CCCN(C)S(=O)(=O)C1CCNCC1. The van der Waals surface area contributed by atoms with Gasteiger partial charge in [0.25, 0.3) is 0 Å². The maximum atomic E-state index is 12.0. The Kier molecular flexibility index (Phi) is 4.34. The zero-order valence-electron chi connectivity index (χ0n) is 8.99. The largest absolute Gasteiger partial charge is 0.317 e. The Morgan fingerprint density at radius 2 is 1.93 bits per heavy atom. The summed E-state index contributed by atoms with van der Waals surface area (Å²) >= 11 is 0. The van der Waals surface area contributed by atoms with Crippen LogP contribution >= 0.6 is 0 Å². The summed E-state index contributed by atoms with van der Waals surface area (Å²) in [5, 5.41) is 3.01. The molecule has 1 rings (SSSR count). The minimum Gasteiger partial charge on any atom is -0.317 e. The highest BCUT2D eigenvalue weighted by atomic mass is 32.2. The fourth-order valence-electron chi connectivity index (χ4n) is 1.79. The van der Waals surface area contributed by atoms with Crippen molar-refractivity contribution in [2.45, 2.75) is 31.4 Å². The minimum atomic E-state index is -3.03. The van der Waals surface area contributed by atoms with Crippen LogP contribution in [-0.2, 0) is 10.0 Å². The lowest BCUT2D eigenvalue weighted by Crippen LogP contribution is -2.42. The van der Waals surface area contributed by atoms with E-state index in [9.17, 15) is 8.42 Å². The summed E-state index contributed by atoms with van der Waals surface area (Å²) in [4.78, 5) is 0. The number of hydrogen-bond donors (Lipinski definition) is 1. The van der Waals surface area contributed by atoms with Gasteiger partial charge in [-0.1, -0.05) is 6.92 Å². The zero-order chi connectivity index (χ0) is 10.6. The Bertz CT molecular complexity index is 258. The molecule has 0 aromatic carbocycles. The number of rotatable bonds is 4. The van der Waals surface area contributed by atoms with E-state index in [0.29, 0.717) is 6.54 Å². The number of piperidine rings is 1. The van der Waals surface area contributed by atoms with Crippen LogP contribution in [-0.4, -0.2) is 44.7 Å². The first kappa shape index (κ1) is 11.9. The van der Waals surface area contributed by atoms with Gasteiger partial charge in [0.05, 0.1) is 5.25 Å². The topological polar surface area (TPSA) is 49.4 Å². The minimum absolute atomic E-state index is 0.166. The molecule has 0 aromatic heterocycles. The van der Waals surface area contributed by atoms with Gasteiger partial charge in [0.15, 0.2) is 0 Å². The Morgan fingerprint density at radius 3 is 2.43 bits per heavy atom. The van der Waals surface area contributed by atoms with Crippen molar-refractivity contribution in [3.63, 3.8) is 0 Å². The number of sulfonamides is 1. The van der Waals surface area contributed by atoms with Crippen LogP contribution in [0.5, 0.6) is 0 Å². The fraction of sp³-hybridized carbons (Fsp3) is 1.00. The third-order valence-corrected chi connectivity index (χ3v) is 5.05. The van der Waals surface area contributed by atoms with Crippen LogP contribution in [0.25, 0.3) is 0 Å². The van der Waals surface area contributed by atoms with E-state index in [1.165, 1.54) is 4.31 Å². The Hall–Kier alpha value is -0.130. The van der Waals surface area contributed by atoms with E-state index < -0.39 is 10.0 Å². The van der Waals surface area contributed by atoms with Gasteiger partial charge in [-0.25, -0.2) is 12.7 Å². The average Bonchev–Trinajstić information content (AvgIpc) is 2.19. The van der Waals surface area contributed by atoms with E-state index in [-0.39, 0.29) is 5.25 Å². The van der Waals surface area contributed by atoms with E-state index in [1.54, 1.807) is 7.05 Å². The van der Waals surface area contributed by atoms with Crippen molar-refractivity contribution in [2.24, 2.45) is 0 Å². The van der Waals surface area contributed by atoms with Gasteiger partial charge in [0.1, 0.15) is 0 Å². The molecule has 1 fully saturated rings. The molecule has 1 N–H and O–H groups in total. The summed E-state index contributed by atoms with van der Waals surface area (Å²) in [5.41, 5.74) is 0. The summed E-state index contributed by atoms with van der Waals surface area (Å²) in [5.74, 6) is 0. The lowest BCUT2D eigenvalue weighted by atomic mass is 10.2. The van der Waals surface area contributed by atoms with Gasteiger partial charge in [-0.15, -0.1) is 0 Å². The maximum absolute atomic E-state index is 12.0. The zero-order valence-corrected chi connectivity index (χ0v) is 9.81. The smallest absolute Gasteiger partial charge is 0.216 e. The third-order valence-electron chi connectivity index (χ3n) is 2.68. The molecule has 84 valence electrons. The van der Waals surface area contributed by atoms with Crippen molar-refractivity contribution in [3.8, 4) is 0 Å². The van der Waals surface area contributed by atoms with Crippen LogP contribution < -0.4 is 5.32 Å². The first-order chi connectivity index (χ1) is 6.59. The fourth-order valence-corrected chi connectivity index (χ4v) is 3.57. The molecule has 1 aliphatic rings. The Morgan fingerprint density at radius 1 is 1.36 bits per heavy atom. The van der Waals surface area contributed by atoms with Gasteiger partial charge in [-0.2, -0.15) is 0 Å². The lowest BCUT2D eigenvalue weighted by Gasteiger charge is -2.27. The van der Waals surface area contributed by atoms with Crippen LogP contribution in [0.1, 0.15) is 26.2 Å². The molecule has 0 radical (unpaired) electrons. The summed E-state index contributed by atoms with van der Waals surface area (Å²) in [7, 11) is -1.35. The molecule has 4 nitrogen and oxygen atoms in total. The van der Waals surface area contributed by atoms with Crippen molar-refractivity contribution in [2.75, 3.05) is 26.7 Å². The van der Waals surface area contributed by atoms with Gasteiger partial charge < -0.3 is 5.32 Å². The van der Waals surface area contributed by atoms with Crippen LogP contribution in [0, 0.1) is 0 Å². The first-order valence-corrected chi connectivity index (χ1v) is 6.75. The van der Waals surface area contributed by atoms with Gasteiger partial charge >= 0.3 is 0 Å². The van der Waals surface area contributed by atoms with Crippen LogP contribution in [0.2, 0.25) is 0 Å². The standard InChI is InChI=1S/C9H20N2O2S/c1-3-8-11(2)14(12,13)9-4-6-10-7-5-9/h9-10H,3-8H2,1-2H3. The number of nitrogens with one attached hydrogen (secondary N) is 1. The summed E-state index contributed by atoms with van der Waals surface area (Å²) in [6, 6.07) is 0. The van der Waals surface area contributed by atoms with Crippen molar-refractivity contribution < 1.29 is 8.42 Å². The van der Waals surface area contributed by atoms with Gasteiger partial charge in [-0.05, 0) is 32.4 Å². The summed E-state index contributed by atoms with van der Waals surface area (Å²) < 4.78 is 25.5. The van der Waals surface area contributed by atoms with E-state index in [4.69, 9.17) is 0 Å². The van der Waals surface area contributed by atoms with E-state index in [1.807, 2.05) is 6.92 Å². The Labute approximate surface area is 86.7 Å². The quantitative estimate of drug-likeness (QED) is 0.746. The normalized spacial score (nSPS) is 20.2. The lowest BCUT2D eigenvalue weighted by molar-refractivity contribution is 0.430. The second-order valence-electron chi connectivity index (χ2n) is 3.82. The van der Waals surface area contributed by atoms with E-state index in [0.717, 1.165) is 32.4 Å². The summed E-state index contributed by atoms with van der Waals surface area (Å²) in [6.45, 7) is 4.27. The van der Waals surface area contributed by atoms with Crippen molar-refractivity contribution in [1.82, 2.24) is 9.62 Å². The van der Waals surface area contributed by atoms with Crippen molar-refractivity contribution in [1.29, 1.82) is 0 Å². The first-order valence-electron chi connectivity index (χ1n) is 5.25. The molecular weight excluding hydrogens is 200 g/mol. The molecule has 1 aliphatic heterocycles. The molecule has 1 saturated heterocycles. The molecule has 0 saturated carbocycles. The molecule has 1 heterocycles. The average molecular weight is 220 g/mol. The number of hydrogen-bond acceptors (Lipinski definition) is 3.